The highest BCUT2D eigenvalue weighted by Gasteiger charge is 2.61. The average Bonchev–Trinajstić information content (AvgIpc) is 2.23. The molecule has 1 aliphatic carbocycles. The van der Waals surface area contributed by atoms with Crippen LogP contribution in [0.3, 0.4) is 0 Å². The van der Waals surface area contributed by atoms with Gasteiger partial charge >= 0.3 is 0 Å². The molecular formula is C8H16O7. The molecule has 1 saturated carbocycles. The normalized spacial score (nSPS) is 51.8. The smallest absolute Gasteiger partial charge is 0.147 e. The van der Waals surface area contributed by atoms with Gasteiger partial charge in [-0.15, -0.1) is 0 Å². The van der Waals surface area contributed by atoms with Gasteiger partial charge in [0.05, 0.1) is 19.3 Å². The zero-order chi connectivity index (χ0) is 11.9. The van der Waals surface area contributed by atoms with E-state index in [4.69, 9.17) is 10.2 Å². The minimum atomic E-state index is -2.46. The first-order chi connectivity index (χ1) is 6.82. The maximum absolute atomic E-state index is 9.77. The molecular weight excluding hydrogens is 208 g/mol. The molecule has 0 radical (unpaired) electrons. The average molecular weight is 224 g/mol. The summed E-state index contributed by atoms with van der Waals surface area (Å²) in [6, 6.07) is 0. The zero-order valence-corrected chi connectivity index (χ0v) is 7.98. The van der Waals surface area contributed by atoms with Crippen LogP contribution in [0.2, 0.25) is 0 Å². The largest absolute Gasteiger partial charge is 0.393 e. The van der Waals surface area contributed by atoms with Crippen LogP contribution >= 0.6 is 0 Å². The van der Waals surface area contributed by atoms with Crippen LogP contribution in [-0.4, -0.2) is 78.5 Å². The molecule has 1 aliphatic rings. The second kappa shape index (κ2) is 3.95. The van der Waals surface area contributed by atoms with Crippen LogP contribution in [0.1, 0.15) is 6.42 Å². The summed E-state index contributed by atoms with van der Waals surface area (Å²) in [5.41, 5.74) is -4.71. The van der Waals surface area contributed by atoms with Crippen molar-refractivity contribution in [3.8, 4) is 0 Å². The van der Waals surface area contributed by atoms with Crippen molar-refractivity contribution in [2.45, 2.75) is 35.9 Å². The van der Waals surface area contributed by atoms with Crippen molar-refractivity contribution in [3.63, 3.8) is 0 Å². The minimum Gasteiger partial charge on any atom is -0.393 e. The molecule has 0 spiro atoms. The van der Waals surface area contributed by atoms with Gasteiger partial charge in [0.1, 0.15) is 23.4 Å². The summed E-state index contributed by atoms with van der Waals surface area (Å²) in [6.45, 7) is -2.00. The molecule has 90 valence electrons. The molecule has 0 unspecified atom stereocenters. The van der Waals surface area contributed by atoms with Crippen LogP contribution in [0.4, 0.5) is 0 Å². The van der Waals surface area contributed by atoms with E-state index in [1.165, 1.54) is 0 Å². The summed E-state index contributed by atoms with van der Waals surface area (Å²) < 4.78 is 0. The topological polar surface area (TPSA) is 142 Å². The number of hydrogen-bond acceptors (Lipinski definition) is 7. The molecule has 0 aliphatic heterocycles. The summed E-state index contributed by atoms with van der Waals surface area (Å²) in [6.07, 6.45) is -5.65. The standard InChI is InChI=1S/C8H16O7/c9-2-7(14)1-4(11)5(12)6(13)8(7,15)3-10/h4-6,9-15H,1-3H2/t4-,5+,6-,7+,8-/m1/s1. The summed E-state index contributed by atoms with van der Waals surface area (Å²) >= 11 is 0. The lowest BCUT2D eigenvalue weighted by molar-refractivity contribution is -0.291. The van der Waals surface area contributed by atoms with E-state index >= 15 is 0 Å². The van der Waals surface area contributed by atoms with Gasteiger partial charge in [-0.25, -0.2) is 0 Å². The zero-order valence-electron chi connectivity index (χ0n) is 7.98. The van der Waals surface area contributed by atoms with Gasteiger partial charge in [0, 0.05) is 6.42 Å². The number of aliphatic hydroxyl groups excluding tert-OH is 5. The Morgan fingerprint density at radius 3 is 1.93 bits per heavy atom. The Morgan fingerprint density at radius 1 is 1.00 bits per heavy atom. The maximum Gasteiger partial charge on any atom is 0.147 e. The molecule has 0 aromatic carbocycles. The molecule has 7 nitrogen and oxygen atoms in total. The first-order valence-electron chi connectivity index (χ1n) is 4.53. The van der Waals surface area contributed by atoms with E-state index in [1.807, 2.05) is 0 Å². The maximum atomic E-state index is 9.77. The van der Waals surface area contributed by atoms with Crippen LogP contribution in [0, 0.1) is 0 Å². The van der Waals surface area contributed by atoms with Gasteiger partial charge in [0.2, 0.25) is 0 Å². The lowest BCUT2D eigenvalue weighted by Gasteiger charge is -2.51. The Kier molecular flexibility index (Phi) is 3.36. The van der Waals surface area contributed by atoms with Crippen LogP contribution in [-0.2, 0) is 0 Å². The predicted molar refractivity (Wildman–Crippen MR) is 46.7 cm³/mol. The highest BCUT2D eigenvalue weighted by Crippen LogP contribution is 2.37. The van der Waals surface area contributed by atoms with Crippen molar-refractivity contribution in [1.29, 1.82) is 0 Å². The van der Waals surface area contributed by atoms with Crippen molar-refractivity contribution in [3.05, 3.63) is 0 Å². The van der Waals surface area contributed by atoms with E-state index in [1.54, 1.807) is 0 Å². The summed E-state index contributed by atoms with van der Waals surface area (Å²) in [5.74, 6) is 0. The van der Waals surface area contributed by atoms with E-state index in [2.05, 4.69) is 0 Å². The second-order valence-electron chi connectivity index (χ2n) is 3.98. The van der Waals surface area contributed by atoms with E-state index in [0.717, 1.165) is 0 Å². The summed E-state index contributed by atoms with van der Waals surface area (Å²) in [5, 5.41) is 65.4. The molecule has 0 amide bonds. The first kappa shape index (κ1) is 12.8. The number of aliphatic hydroxyl groups is 7. The Balaban J connectivity index is 3.08. The van der Waals surface area contributed by atoms with E-state index in [0.29, 0.717) is 0 Å². The number of hydrogen-bond donors (Lipinski definition) is 7. The van der Waals surface area contributed by atoms with E-state index in [9.17, 15) is 25.5 Å². The predicted octanol–water partition coefficient (Wildman–Crippen LogP) is -4.08. The molecule has 0 heterocycles. The summed E-state index contributed by atoms with van der Waals surface area (Å²) in [7, 11) is 0. The third-order valence-corrected chi connectivity index (χ3v) is 3.06. The minimum absolute atomic E-state index is 0.543. The van der Waals surface area contributed by atoms with Crippen molar-refractivity contribution >= 4 is 0 Å². The van der Waals surface area contributed by atoms with Gasteiger partial charge in [0.25, 0.3) is 0 Å². The highest BCUT2D eigenvalue weighted by atomic mass is 16.4. The van der Waals surface area contributed by atoms with Crippen LogP contribution in [0.25, 0.3) is 0 Å². The third kappa shape index (κ3) is 1.66. The van der Waals surface area contributed by atoms with Gasteiger partial charge in [-0.1, -0.05) is 0 Å². The van der Waals surface area contributed by atoms with Crippen molar-refractivity contribution in [2.75, 3.05) is 13.2 Å². The monoisotopic (exact) mass is 224 g/mol. The Labute approximate surface area is 85.8 Å². The van der Waals surface area contributed by atoms with Gasteiger partial charge in [-0.05, 0) is 0 Å². The van der Waals surface area contributed by atoms with Crippen molar-refractivity contribution in [1.82, 2.24) is 0 Å². The van der Waals surface area contributed by atoms with Crippen LogP contribution < -0.4 is 0 Å². The Bertz CT molecular complexity index is 235. The first-order valence-corrected chi connectivity index (χ1v) is 4.53. The van der Waals surface area contributed by atoms with Gasteiger partial charge in [0.15, 0.2) is 0 Å². The van der Waals surface area contributed by atoms with Crippen LogP contribution in [0.15, 0.2) is 0 Å². The molecule has 0 saturated heterocycles. The molecule has 0 aromatic heterocycles. The van der Waals surface area contributed by atoms with E-state index < -0.39 is 49.1 Å². The lowest BCUT2D eigenvalue weighted by atomic mass is 9.68. The Hall–Kier alpha value is -0.280. The van der Waals surface area contributed by atoms with Crippen molar-refractivity contribution in [2.24, 2.45) is 0 Å². The highest BCUT2D eigenvalue weighted by molar-refractivity contribution is 5.12. The Morgan fingerprint density at radius 2 is 1.53 bits per heavy atom. The van der Waals surface area contributed by atoms with Crippen LogP contribution in [0.5, 0.6) is 0 Å². The molecule has 5 atom stereocenters. The second-order valence-corrected chi connectivity index (χ2v) is 3.98. The molecule has 15 heavy (non-hydrogen) atoms. The fourth-order valence-electron chi connectivity index (χ4n) is 1.85. The summed E-state index contributed by atoms with van der Waals surface area (Å²) in [4.78, 5) is 0. The lowest BCUT2D eigenvalue weighted by Crippen LogP contribution is -2.74. The molecule has 0 aromatic rings. The molecule has 0 bridgehead atoms. The molecule has 7 N–H and O–H groups in total. The molecule has 1 fully saturated rings. The third-order valence-electron chi connectivity index (χ3n) is 3.06. The SMILES string of the molecule is OC[C@@]1(O)C[C@@H](O)[C@H](O)[C@@H](O)[C@]1(O)CO. The molecule has 1 rings (SSSR count). The fraction of sp³-hybridized carbons (Fsp3) is 1.00. The van der Waals surface area contributed by atoms with Crippen molar-refractivity contribution < 1.29 is 35.7 Å². The molecule has 7 heteroatoms. The van der Waals surface area contributed by atoms with Gasteiger partial charge < -0.3 is 35.7 Å². The fourth-order valence-corrected chi connectivity index (χ4v) is 1.85. The van der Waals surface area contributed by atoms with E-state index in [-0.39, 0.29) is 0 Å². The van der Waals surface area contributed by atoms with Gasteiger partial charge in [-0.3, -0.25) is 0 Å². The van der Waals surface area contributed by atoms with Gasteiger partial charge in [-0.2, -0.15) is 0 Å². The quantitative estimate of drug-likeness (QED) is 0.253. The number of rotatable bonds is 2.